The van der Waals surface area contributed by atoms with Crippen LogP contribution in [0.4, 0.5) is 14.5 Å². The fraction of sp³-hybridized carbons (Fsp3) is 0.600. The Hall–Kier alpha value is -1.25. The number of morpholine rings is 1. The number of nitrogens with zero attached hydrogens (tertiary/aromatic N) is 1. The van der Waals surface area contributed by atoms with Gasteiger partial charge < -0.3 is 10.1 Å². The summed E-state index contributed by atoms with van der Waals surface area (Å²) in [5, 5.41) is 2.96. The van der Waals surface area contributed by atoms with Crippen LogP contribution in [0.5, 0.6) is 0 Å². The van der Waals surface area contributed by atoms with Crippen LogP contribution >= 0.6 is 0 Å². The summed E-state index contributed by atoms with van der Waals surface area (Å²) in [6.45, 7) is 6.74. The molecule has 0 radical (unpaired) electrons. The molecule has 0 aliphatic carbocycles. The van der Waals surface area contributed by atoms with E-state index < -0.39 is 15.6 Å². The summed E-state index contributed by atoms with van der Waals surface area (Å²) in [4.78, 5) is 1.84. The van der Waals surface area contributed by atoms with Crippen LogP contribution in [0.15, 0.2) is 29.2 Å². The van der Waals surface area contributed by atoms with Crippen molar-refractivity contribution in [3.8, 4) is 0 Å². The summed E-state index contributed by atoms with van der Waals surface area (Å²) < 4.78 is 54.5. The number of ether oxygens (including phenoxy) is 1. The van der Waals surface area contributed by atoms with Crippen LogP contribution in [0.3, 0.4) is 0 Å². The van der Waals surface area contributed by atoms with Gasteiger partial charge in [0.05, 0.1) is 22.8 Å². The highest BCUT2D eigenvalue weighted by molar-refractivity contribution is 7.91. The van der Waals surface area contributed by atoms with Gasteiger partial charge in [-0.15, -0.1) is 0 Å². The molecule has 0 aromatic heterocycles. The third-order valence-corrected chi connectivity index (χ3v) is 5.11. The van der Waals surface area contributed by atoms with Gasteiger partial charge in [-0.3, -0.25) is 4.90 Å². The Morgan fingerprint density at radius 1 is 1.26 bits per heavy atom. The van der Waals surface area contributed by atoms with Crippen molar-refractivity contribution in [2.45, 2.75) is 36.7 Å². The van der Waals surface area contributed by atoms with Crippen LogP contribution in [0, 0.1) is 0 Å². The van der Waals surface area contributed by atoms with Crippen molar-refractivity contribution in [2.75, 3.05) is 31.5 Å². The maximum absolute atomic E-state index is 12.7. The lowest BCUT2D eigenvalue weighted by Gasteiger charge is -2.35. The predicted molar refractivity (Wildman–Crippen MR) is 84.6 cm³/mol. The molecule has 1 aliphatic rings. The van der Waals surface area contributed by atoms with Crippen molar-refractivity contribution in [3.05, 3.63) is 24.3 Å². The van der Waals surface area contributed by atoms with Crippen molar-refractivity contribution >= 4 is 15.5 Å². The third kappa shape index (κ3) is 4.62. The predicted octanol–water partition coefficient (Wildman–Crippen LogP) is 2.20. The highest BCUT2D eigenvalue weighted by Gasteiger charge is 2.29. The first-order valence-corrected chi connectivity index (χ1v) is 9.08. The summed E-state index contributed by atoms with van der Waals surface area (Å²) in [5.41, 5.74) is 0.210. The van der Waals surface area contributed by atoms with Crippen LogP contribution in [0.2, 0.25) is 0 Å². The minimum Gasteiger partial charge on any atom is -0.383 e. The van der Waals surface area contributed by atoms with Crippen LogP contribution in [-0.2, 0) is 14.6 Å². The molecule has 1 saturated heterocycles. The quantitative estimate of drug-likeness (QED) is 0.854. The fourth-order valence-corrected chi connectivity index (χ4v) is 3.68. The first kappa shape index (κ1) is 18.1. The molecule has 1 aromatic rings. The lowest BCUT2D eigenvalue weighted by atomic mass is 10.2. The molecule has 8 heteroatoms. The molecular weight excluding hydrogens is 326 g/mol. The Kier molecular flexibility index (Phi) is 5.94. The summed E-state index contributed by atoms with van der Waals surface area (Å²) in [6, 6.07) is 5.75. The van der Waals surface area contributed by atoms with E-state index in [9.17, 15) is 17.2 Å². The van der Waals surface area contributed by atoms with Gasteiger partial charge in [0.25, 0.3) is 0 Å². The monoisotopic (exact) mass is 348 g/mol. The normalized spacial score (nSPS) is 23.2. The average Bonchev–Trinajstić information content (AvgIpc) is 2.46. The van der Waals surface area contributed by atoms with Crippen LogP contribution in [0.25, 0.3) is 0 Å². The number of nitrogens with one attached hydrogen (secondary N) is 1. The van der Waals surface area contributed by atoms with Crippen molar-refractivity contribution in [2.24, 2.45) is 0 Å². The van der Waals surface area contributed by atoms with E-state index in [-0.39, 0.29) is 22.8 Å². The van der Waals surface area contributed by atoms with Crippen LogP contribution < -0.4 is 5.32 Å². The largest absolute Gasteiger partial charge is 0.383 e. The summed E-state index contributed by atoms with van der Waals surface area (Å²) in [6.07, 6.45) is 0.287. The molecule has 23 heavy (non-hydrogen) atoms. The van der Waals surface area contributed by atoms with Gasteiger partial charge in [0.2, 0.25) is 9.84 Å². The molecule has 130 valence electrons. The van der Waals surface area contributed by atoms with Gasteiger partial charge in [0, 0.05) is 26.2 Å². The molecule has 0 saturated carbocycles. The smallest absolute Gasteiger partial charge is 0.341 e. The third-order valence-electron chi connectivity index (χ3n) is 3.67. The lowest BCUT2D eigenvalue weighted by Crippen LogP contribution is -2.46. The fourth-order valence-electron chi connectivity index (χ4n) is 2.77. The number of benzene rings is 1. The van der Waals surface area contributed by atoms with Gasteiger partial charge in [-0.2, -0.15) is 8.78 Å². The zero-order valence-electron chi connectivity index (χ0n) is 13.2. The van der Waals surface area contributed by atoms with Crippen LogP contribution in [-0.4, -0.2) is 57.5 Å². The Morgan fingerprint density at radius 2 is 1.87 bits per heavy atom. The molecule has 1 N–H and O–H groups in total. The maximum Gasteiger partial charge on any atom is 0.341 e. The van der Waals surface area contributed by atoms with Crippen molar-refractivity contribution in [1.82, 2.24) is 4.90 Å². The van der Waals surface area contributed by atoms with E-state index in [1.165, 1.54) is 18.2 Å². The van der Waals surface area contributed by atoms with Crippen molar-refractivity contribution in [3.63, 3.8) is 0 Å². The summed E-state index contributed by atoms with van der Waals surface area (Å²) in [5.74, 6) is -3.42. The highest BCUT2D eigenvalue weighted by Crippen LogP contribution is 2.25. The number of halogens is 2. The van der Waals surface area contributed by atoms with E-state index in [0.717, 1.165) is 13.1 Å². The van der Waals surface area contributed by atoms with E-state index in [1.54, 1.807) is 6.07 Å². The minimum absolute atomic E-state index is 0.144. The second-order valence-electron chi connectivity index (χ2n) is 5.75. The maximum atomic E-state index is 12.7. The van der Waals surface area contributed by atoms with Crippen molar-refractivity contribution < 1.29 is 21.9 Å². The average molecular weight is 348 g/mol. The molecule has 1 heterocycles. The van der Waals surface area contributed by atoms with Gasteiger partial charge in [-0.05, 0) is 26.0 Å². The van der Waals surface area contributed by atoms with Gasteiger partial charge in [0.1, 0.15) is 0 Å². The minimum atomic E-state index is -4.61. The Balaban J connectivity index is 1.99. The number of hydrogen-bond acceptors (Lipinski definition) is 5. The molecule has 1 fully saturated rings. The van der Waals surface area contributed by atoms with Gasteiger partial charge in [-0.25, -0.2) is 8.42 Å². The Bertz CT molecular complexity index is 615. The second-order valence-corrected chi connectivity index (χ2v) is 7.63. The Labute approximate surface area is 135 Å². The van der Waals surface area contributed by atoms with Gasteiger partial charge in [0.15, 0.2) is 0 Å². The zero-order valence-corrected chi connectivity index (χ0v) is 14.0. The van der Waals surface area contributed by atoms with Crippen molar-refractivity contribution in [1.29, 1.82) is 0 Å². The second kappa shape index (κ2) is 7.55. The molecule has 0 spiro atoms. The Morgan fingerprint density at radius 3 is 2.48 bits per heavy atom. The molecule has 1 aliphatic heterocycles. The molecule has 2 rings (SSSR count). The van der Waals surface area contributed by atoms with Gasteiger partial charge in [-0.1, -0.05) is 12.1 Å². The van der Waals surface area contributed by atoms with Gasteiger partial charge >= 0.3 is 5.76 Å². The first-order chi connectivity index (χ1) is 10.8. The first-order valence-electron chi connectivity index (χ1n) is 7.53. The summed E-state index contributed by atoms with van der Waals surface area (Å²) in [7, 11) is -4.61. The van der Waals surface area contributed by atoms with Crippen LogP contribution in [0.1, 0.15) is 13.8 Å². The van der Waals surface area contributed by atoms with E-state index in [2.05, 4.69) is 10.2 Å². The van der Waals surface area contributed by atoms with E-state index in [4.69, 9.17) is 4.74 Å². The molecule has 5 nitrogen and oxygen atoms in total. The molecule has 2 atom stereocenters. The number of rotatable bonds is 6. The number of anilines is 1. The highest BCUT2D eigenvalue weighted by atomic mass is 32.2. The lowest BCUT2D eigenvalue weighted by molar-refractivity contribution is -0.0667. The standard InChI is InChI=1S/C15H22F2N2O3S/c1-11-9-19(10-12(2)22-11)8-7-18-13-5-3-4-6-14(13)23(20,21)15(16)17/h3-6,11-12,15,18H,7-10H2,1-2H3/t11-,12-/m1/s1. The number of para-hydroxylation sites is 1. The number of alkyl halides is 2. The molecular formula is C15H22F2N2O3S. The summed E-state index contributed by atoms with van der Waals surface area (Å²) >= 11 is 0. The molecule has 0 amide bonds. The van der Waals surface area contributed by atoms with E-state index in [1.807, 2.05) is 13.8 Å². The zero-order chi connectivity index (χ0) is 17.0. The molecule has 0 unspecified atom stereocenters. The number of hydrogen-bond donors (Lipinski definition) is 1. The SMILES string of the molecule is C[C@@H]1CN(CCNc2ccccc2S(=O)(=O)C(F)F)C[C@@H](C)O1. The van der Waals surface area contributed by atoms with E-state index >= 15 is 0 Å². The molecule has 1 aromatic carbocycles. The number of sulfone groups is 1. The topological polar surface area (TPSA) is 58.6 Å². The molecule has 0 bridgehead atoms. The van der Waals surface area contributed by atoms with E-state index in [0.29, 0.717) is 13.1 Å².